The summed E-state index contributed by atoms with van der Waals surface area (Å²) in [6.07, 6.45) is -5.58. The van der Waals surface area contributed by atoms with Crippen LogP contribution in [0.2, 0.25) is 0 Å². The molecule has 2 rings (SSSR count). The third-order valence-corrected chi connectivity index (χ3v) is 6.69. The van der Waals surface area contributed by atoms with Crippen molar-refractivity contribution in [2.24, 2.45) is 0 Å². The van der Waals surface area contributed by atoms with E-state index in [4.69, 9.17) is 0 Å². The Bertz CT molecular complexity index is 778. The number of benzene rings is 2. The van der Waals surface area contributed by atoms with E-state index in [9.17, 15) is 30.9 Å². The Morgan fingerprint density at radius 1 is 0.852 bits per heavy atom. The summed E-state index contributed by atoms with van der Waals surface area (Å²) in [5.74, 6) is 0. The molecule has 27 heavy (non-hydrogen) atoms. The summed E-state index contributed by atoms with van der Waals surface area (Å²) in [4.78, 5) is 0.745. The Morgan fingerprint density at radius 2 is 1.30 bits per heavy atom. The van der Waals surface area contributed by atoms with Crippen LogP contribution in [0.3, 0.4) is 0 Å². The van der Waals surface area contributed by atoms with Gasteiger partial charge in [-0.2, -0.15) is 26.3 Å². The molecular weight excluding hydrogens is 546 g/mol. The van der Waals surface area contributed by atoms with E-state index in [1.165, 1.54) is 30.2 Å². The van der Waals surface area contributed by atoms with Crippen LogP contribution >= 0.6 is 43.6 Å². The Morgan fingerprint density at radius 3 is 1.70 bits per heavy atom. The largest absolute Gasteiger partial charge is 0.612 e. The molecule has 0 radical (unpaired) electrons. The van der Waals surface area contributed by atoms with Crippen molar-refractivity contribution >= 4 is 54.8 Å². The van der Waals surface area contributed by atoms with Crippen molar-refractivity contribution in [2.75, 3.05) is 12.5 Å². The van der Waals surface area contributed by atoms with Crippen molar-refractivity contribution in [3.05, 3.63) is 56.5 Å². The van der Waals surface area contributed by atoms with E-state index in [1.54, 1.807) is 6.26 Å². The van der Waals surface area contributed by atoms with Gasteiger partial charge in [0, 0.05) is 15.4 Å². The zero-order valence-corrected chi connectivity index (χ0v) is 18.5. The second-order valence-electron chi connectivity index (χ2n) is 4.94. The number of thioether (sulfide) groups is 1. The molecule has 0 bridgehead atoms. The minimum atomic E-state index is -4.39. The van der Waals surface area contributed by atoms with E-state index in [0.717, 1.165) is 24.3 Å². The van der Waals surface area contributed by atoms with E-state index in [-0.39, 0.29) is 4.90 Å². The summed E-state index contributed by atoms with van der Waals surface area (Å²) < 4.78 is 85.5. The molecule has 1 unspecified atom stereocenters. The smallest absolute Gasteiger partial charge is 0.416 e. The fourth-order valence-electron chi connectivity index (χ4n) is 1.74. The fourth-order valence-corrected chi connectivity index (χ4v) is 4.54. The van der Waals surface area contributed by atoms with Gasteiger partial charge in [0.2, 0.25) is 0 Å². The lowest BCUT2D eigenvalue weighted by atomic mass is 10.2. The average Bonchev–Trinajstić information content (AvgIpc) is 2.53. The quantitative estimate of drug-likeness (QED) is 0.218. The number of alkyl halides is 6. The molecular formula is C16H12Br2F6OS2. The Balaban J connectivity index is 0.000000271. The van der Waals surface area contributed by atoms with Gasteiger partial charge in [-0.3, -0.25) is 0 Å². The van der Waals surface area contributed by atoms with E-state index in [2.05, 4.69) is 31.9 Å². The first-order valence-corrected chi connectivity index (χ1v) is 11.2. The third-order valence-electron chi connectivity index (χ3n) is 3.05. The molecule has 0 spiro atoms. The fraction of sp³-hybridized carbons (Fsp3) is 0.250. The van der Waals surface area contributed by atoms with Gasteiger partial charge in [-0.05, 0) is 79.6 Å². The first-order chi connectivity index (χ1) is 12.3. The molecule has 2 aromatic rings. The summed E-state index contributed by atoms with van der Waals surface area (Å²) in [5.41, 5.74) is -1.40. The number of hydrogen-bond donors (Lipinski definition) is 0. The van der Waals surface area contributed by atoms with Crippen molar-refractivity contribution in [3.8, 4) is 0 Å². The van der Waals surface area contributed by atoms with Crippen LogP contribution in [0.1, 0.15) is 11.1 Å². The minimum Gasteiger partial charge on any atom is -0.612 e. The highest BCUT2D eigenvalue weighted by Gasteiger charge is 2.32. The van der Waals surface area contributed by atoms with Crippen molar-refractivity contribution in [2.45, 2.75) is 22.1 Å². The summed E-state index contributed by atoms with van der Waals surface area (Å²) in [6, 6.07) is 6.69. The number of rotatable bonds is 2. The molecule has 1 nitrogen and oxygen atoms in total. The van der Waals surface area contributed by atoms with Crippen molar-refractivity contribution in [1.82, 2.24) is 0 Å². The van der Waals surface area contributed by atoms with E-state index in [0.29, 0.717) is 13.8 Å². The molecule has 150 valence electrons. The lowest BCUT2D eigenvalue weighted by Gasteiger charge is -2.10. The van der Waals surface area contributed by atoms with Gasteiger partial charge in [-0.25, -0.2) is 0 Å². The van der Waals surface area contributed by atoms with E-state index >= 15 is 0 Å². The summed E-state index contributed by atoms with van der Waals surface area (Å²) in [5, 5.41) is 0. The lowest BCUT2D eigenvalue weighted by Crippen LogP contribution is -2.07. The molecule has 0 saturated heterocycles. The van der Waals surface area contributed by atoms with Gasteiger partial charge >= 0.3 is 12.4 Å². The zero-order chi connectivity index (χ0) is 21.0. The van der Waals surface area contributed by atoms with Crippen LogP contribution in [0.15, 0.2) is 55.1 Å². The van der Waals surface area contributed by atoms with Crippen molar-refractivity contribution < 1.29 is 30.9 Å². The first-order valence-electron chi connectivity index (χ1n) is 6.88. The van der Waals surface area contributed by atoms with E-state index < -0.39 is 34.7 Å². The van der Waals surface area contributed by atoms with Gasteiger partial charge in [0.25, 0.3) is 0 Å². The molecule has 0 aromatic heterocycles. The third kappa shape index (κ3) is 7.52. The number of halogens is 8. The topological polar surface area (TPSA) is 23.1 Å². The van der Waals surface area contributed by atoms with Crippen LogP contribution in [0.25, 0.3) is 0 Å². The van der Waals surface area contributed by atoms with Crippen LogP contribution < -0.4 is 0 Å². The van der Waals surface area contributed by atoms with Crippen molar-refractivity contribution in [3.63, 3.8) is 0 Å². The zero-order valence-electron chi connectivity index (χ0n) is 13.7. The molecule has 0 aliphatic carbocycles. The highest BCUT2D eigenvalue weighted by Crippen LogP contribution is 2.35. The highest BCUT2D eigenvalue weighted by atomic mass is 79.9. The molecule has 0 amide bonds. The monoisotopic (exact) mass is 556 g/mol. The van der Waals surface area contributed by atoms with Gasteiger partial charge in [-0.15, -0.1) is 11.8 Å². The Labute approximate surface area is 176 Å². The number of hydrogen-bond acceptors (Lipinski definition) is 2. The molecule has 2 aromatic carbocycles. The molecule has 0 aliphatic rings. The average molecular weight is 558 g/mol. The van der Waals surface area contributed by atoms with Gasteiger partial charge < -0.3 is 4.55 Å². The maximum absolute atomic E-state index is 12.2. The highest BCUT2D eigenvalue weighted by molar-refractivity contribution is 9.10. The van der Waals surface area contributed by atoms with E-state index in [1.807, 2.05) is 0 Å². The molecule has 0 fully saturated rings. The van der Waals surface area contributed by atoms with Gasteiger partial charge in [-0.1, -0.05) is 0 Å². The Kier molecular flexibility index (Phi) is 9.05. The summed E-state index contributed by atoms with van der Waals surface area (Å²) in [7, 11) is 0. The first kappa shape index (κ1) is 24.7. The van der Waals surface area contributed by atoms with Crippen LogP contribution in [0, 0.1) is 0 Å². The van der Waals surface area contributed by atoms with Gasteiger partial charge in [0.05, 0.1) is 15.6 Å². The second-order valence-corrected chi connectivity index (χ2v) is 8.85. The molecule has 0 saturated carbocycles. The second kappa shape index (κ2) is 9.91. The van der Waals surface area contributed by atoms with Crippen LogP contribution in [-0.2, 0) is 23.5 Å². The maximum atomic E-state index is 12.2. The molecule has 1 atom stereocenters. The maximum Gasteiger partial charge on any atom is 0.416 e. The predicted octanol–water partition coefficient (Wildman–Crippen LogP) is 7.40. The Hall–Kier alpha value is -0.360. The van der Waals surface area contributed by atoms with Gasteiger partial charge in [0.1, 0.15) is 6.26 Å². The standard InChI is InChI=1S/C8H6BrF3OS.C8H6BrF3S/c1-14(13)7-4-5(8(10,11)12)2-3-6(7)9;1-13-7-4-5(8(10,11)12)2-3-6(7)9/h2-4H,1H3;2-4H,1H3. The predicted molar refractivity (Wildman–Crippen MR) is 102 cm³/mol. The minimum absolute atomic E-state index is 0.153. The summed E-state index contributed by atoms with van der Waals surface area (Å²) in [6.45, 7) is 0. The molecule has 0 heterocycles. The van der Waals surface area contributed by atoms with Crippen LogP contribution in [0.5, 0.6) is 0 Å². The van der Waals surface area contributed by atoms with Crippen LogP contribution in [-0.4, -0.2) is 17.1 Å². The summed E-state index contributed by atoms with van der Waals surface area (Å²) >= 11 is 6.05. The lowest BCUT2D eigenvalue weighted by molar-refractivity contribution is -0.138. The van der Waals surface area contributed by atoms with Crippen molar-refractivity contribution in [1.29, 1.82) is 0 Å². The SMILES string of the molecule is CSc1cc(C(F)(F)F)ccc1Br.C[S+]([O-])c1cc(C(F)(F)F)ccc1Br. The molecule has 11 heteroatoms. The van der Waals surface area contributed by atoms with Gasteiger partial charge in [0.15, 0.2) is 4.90 Å². The normalized spacial score (nSPS) is 13.0. The molecule has 0 N–H and O–H groups in total. The molecule has 0 aliphatic heterocycles. The van der Waals surface area contributed by atoms with Crippen LogP contribution in [0.4, 0.5) is 26.3 Å².